The first-order valence-corrected chi connectivity index (χ1v) is 8.28. The van der Waals surface area contributed by atoms with Crippen LogP contribution in [0.1, 0.15) is 19.3 Å². The van der Waals surface area contributed by atoms with Crippen LogP contribution in [0, 0.1) is 0 Å². The van der Waals surface area contributed by atoms with E-state index in [4.69, 9.17) is 15.9 Å². The molecule has 0 aliphatic rings. The van der Waals surface area contributed by atoms with Crippen LogP contribution in [0.5, 0.6) is 0 Å². The van der Waals surface area contributed by atoms with Crippen molar-refractivity contribution >= 4 is 8.32 Å². The van der Waals surface area contributed by atoms with E-state index in [1.807, 2.05) is 0 Å². The normalized spacial score (nSPS) is 12.0. The Morgan fingerprint density at radius 1 is 1.00 bits per heavy atom. The van der Waals surface area contributed by atoms with Crippen LogP contribution in [0.15, 0.2) is 0 Å². The molecule has 13 heavy (non-hydrogen) atoms. The van der Waals surface area contributed by atoms with Gasteiger partial charge in [0.05, 0.1) is 0 Å². The first-order valence-electron chi connectivity index (χ1n) is 5.16. The summed E-state index contributed by atoms with van der Waals surface area (Å²) in [6.07, 6.45) is 3.26. The molecule has 0 heterocycles. The molecule has 0 aromatic heterocycles. The lowest BCUT2D eigenvalue weighted by Gasteiger charge is -2.22. The molecule has 0 saturated carbocycles. The molecule has 3 nitrogen and oxygen atoms in total. The minimum absolute atomic E-state index is 0.772. The second-order valence-corrected chi connectivity index (χ2v) is 8.30. The van der Waals surface area contributed by atoms with E-state index in [-0.39, 0.29) is 0 Å². The maximum atomic E-state index is 5.86. The largest absolute Gasteiger partial charge is 0.417 e. The average Bonchev–Trinajstić information content (AvgIpc) is 2.09. The van der Waals surface area contributed by atoms with Crippen molar-refractivity contribution in [3.8, 4) is 0 Å². The van der Waals surface area contributed by atoms with Crippen LogP contribution in [-0.4, -0.2) is 28.0 Å². The minimum Gasteiger partial charge on any atom is -0.417 e. The molecule has 0 unspecified atom stereocenters. The molecule has 0 atom stereocenters. The van der Waals surface area contributed by atoms with Gasteiger partial charge in [-0.05, 0) is 51.5 Å². The molecular weight excluding hydrogens is 180 g/mol. The molecule has 0 fully saturated rings. The van der Waals surface area contributed by atoms with E-state index in [1.54, 1.807) is 0 Å². The zero-order chi connectivity index (χ0) is 10.2. The highest BCUT2D eigenvalue weighted by atomic mass is 28.4. The topological polar surface area (TPSA) is 61.3 Å². The fourth-order valence-corrected chi connectivity index (χ4v) is 3.09. The highest BCUT2D eigenvalue weighted by Crippen LogP contribution is 2.13. The highest BCUT2D eigenvalue weighted by Gasteiger charge is 2.20. The van der Waals surface area contributed by atoms with Crippen molar-refractivity contribution < 1.29 is 4.43 Å². The lowest BCUT2D eigenvalue weighted by atomic mass is 10.3. The molecule has 0 radical (unpaired) electrons. The summed E-state index contributed by atoms with van der Waals surface area (Å²) in [6.45, 7) is 6.94. The predicted octanol–water partition coefficient (Wildman–Crippen LogP) is 1.30. The number of hydrogen-bond donors (Lipinski definition) is 2. The summed E-state index contributed by atoms with van der Waals surface area (Å²) in [5, 5.41) is 0. The van der Waals surface area contributed by atoms with Gasteiger partial charge in [0, 0.05) is 6.61 Å². The number of unbranched alkanes of at least 4 members (excludes halogenated alkanes) is 1. The lowest BCUT2D eigenvalue weighted by Crippen LogP contribution is -2.31. The molecule has 80 valence electrons. The van der Waals surface area contributed by atoms with Crippen molar-refractivity contribution in [3.05, 3.63) is 0 Å². The fraction of sp³-hybridized carbons (Fsp3) is 1.00. The third-order valence-electron chi connectivity index (χ3n) is 2.07. The first kappa shape index (κ1) is 13.1. The average molecular weight is 204 g/mol. The summed E-state index contributed by atoms with van der Waals surface area (Å²) in [5.41, 5.74) is 10.9. The van der Waals surface area contributed by atoms with Crippen LogP contribution in [0.25, 0.3) is 0 Å². The van der Waals surface area contributed by atoms with Gasteiger partial charge >= 0.3 is 0 Å². The van der Waals surface area contributed by atoms with Crippen LogP contribution in [0.3, 0.4) is 0 Å². The molecule has 4 heteroatoms. The Morgan fingerprint density at radius 2 is 1.62 bits per heavy atom. The Labute approximate surface area is 83.0 Å². The van der Waals surface area contributed by atoms with Crippen LogP contribution in [0.4, 0.5) is 0 Å². The smallest absolute Gasteiger partial charge is 0.186 e. The number of nitrogens with two attached hydrogens (primary N) is 2. The van der Waals surface area contributed by atoms with Crippen molar-refractivity contribution in [2.45, 2.75) is 38.4 Å². The molecule has 0 spiro atoms. The van der Waals surface area contributed by atoms with E-state index in [1.165, 1.54) is 6.04 Å². The van der Waals surface area contributed by atoms with Gasteiger partial charge < -0.3 is 15.9 Å². The van der Waals surface area contributed by atoms with Gasteiger partial charge in [0.1, 0.15) is 0 Å². The second kappa shape index (κ2) is 7.50. The van der Waals surface area contributed by atoms with Gasteiger partial charge in [-0.15, -0.1) is 0 Å². The standard InChI is InChI=1S/C9H24N2OSi/c1-13(2,9-5-7-11)12-8-4-3-6-10/h3-11H2,1-2H3. The maximum absolute atomic E-state index is 5.86. The van der Waals surface area contributed by atoms with E-state index < -0.39 is 8.32 Å². The van der Waals surface area contributed by atoms with E-state index >= 15 is 0 Å². The molecule has 0 aliphatic carbocycles. The monoisotopic (exact) mass is 204 g/mol. The van der Waals surface area contributed by atoms with E-state index in [9.17, 15) is 0 Å². The predicted molar refractivity (Wildman–Crippen MR) is 60.2 cm³/mol. The van der Waals surface area contributed by atoms with E-state index in [2.05, 4.69) is 13.1 Å². The zero-order valence-electron chi connectivity index (χ0n) is 9.01. The molecule has 0 aromatic rings. The van der Waals surface area contributed by atoms with E-state index in [0.717, 1.165) is 39.0 Å². The molecule has 0 aliphatic heterocycles. The highest BCUT2D eigenvalue weighted by molar-refractivity contribution is 6.71. The SMILES string of the molecule is C[Si](C)(CCCN)OCCCCN. The van der Waals surface area contributed by atoms with Crippen molar-refractivity contribution in [2.24, 2.45) is 11.5 Å². The molecule has 0 rings (SSSR count). The Bertz CT molecular complexity index is 120. The Kier molecular flexibility index (Phi) is 7.55. The molecule has 4 N–H and O–H groups in total. The van der Waals surface area contributed by atoms with Crippen molar-refractivity contribution in [3.63, 3.8) is 0 Å². The summed E-state index contributed by atoms with van der Waals surface area (Å²) in [6, 6.07) is 1.17. The third kappa shape index (κ3) is 8.43. The quantitative estimate of drug-likeness (QED) is 0.463. The van der Waals surface area contributed by atoms with Crippen LogP contribution in [-0.2, 0) is 4.43 Å². The van der Waals surface area contributed by atoms with Crippen molar-refractivity contribution in [2.75, 3.05) is 19.7 Å². The third-order valence-corrected chi connectivity index (χ3v) is 4.62. The summed E-state index contributed by atoms with van der Waals surface area (Å²) < 4.78 is 5.86. The summed E-state index contributed by atoms with van der Waals surface area (Å²) >= 11 is 0. The molecular formula is C9H24N2OSi. The van der Waals surface area contributed by atoms with E-state index in [0.29, 0.717) is 0 Å². The molecule has 0 amide bonds. The maximum Gasteiger partial charge on any atom is 0.186 e. The van der Waals surface area contributed by atoms with Gasteiger partial charge in [-0.1, -0.05) is 0 Å². The molecule has 0 aromatic carbocycles. The Hall–Kier alpha value is 0.0969. The van der Waals surface area contributed by atoms with Crippen LogP contribution >= 0.6 is 0 Å². The fourth-order valence-electron chi connectivity index (χ4n) is 1.19. The summed E-state index contributed by atoms with van der Waals surface area (Å²) in [5.74, 6) is 0. The van der Waals surface area contributed by atoms with Crippen LogP contribution < -0.4 is 11.5 Å². The summed E-state index contributed by atoms with van der Waals surface area (Å²) in [4.78, 5) is 0. The summed E-state index contributed by atoms with van der Waals surface area (Å²) in [7, 11) is -1.40. The Balaban J connectivity index is 3.39. The first-order chi connectivity index (χ1) is 6.12. The molecule has 0 bridgehead atoms. The van der Waals surface area contributed by atoms with Crippen molar-refractivity contribution in [1.82, 2.24) is 0 Å². The minimum atomic E-state index is -1.40. The van der Waals surface area contributed by atoms with Crippen molar-refractivity contribution in [1.29, 1.82) is 0 Å². The van der Waals surface area contributed by atoms with Gasteiger partial charge in [-0.25, -0.2) is 0 Å². The Morgan fingerprint density at radius 3 is 2.15 bits per heavy atom. The van der Waals surface area contributed by atoms with Gasteiger partial charge in [0.2, 0.25) is 0 Å². The zero-order valence-corrected chi connectivity index (χ0v) is 10.0. The lowest BCUT2D eigenvalue weighted by molar-refractivity contribution is 0.296. The second-order valence-electron chi connectivity index (χ2n) is 4.00. The van der Waals surface area contributed by atoms with Crippen LogP contribution in [0.2, 0.25) is 19.1 Å². The number of hydrogen-bond acceptors (Lipinski definition) is 3. The van der Waals surface area contributed by atoms with Gasteiger partial charge in [-0.3, -0.25) is 0 Å². The van der Waals surface area contributed by atoms with Gasteiger partial charge in [0.15, 0.2) is 8.32 Å². The van der Waals surface area contributed by atoms with Gasteiger partial charge in [-0.2, -0.15) is 0 Å². The number of rotatable bonds is 8. The molecule has 0 saturated heterocycles. The van der Waals surface area contributed by atoms with Gasteiger partial charge in [0.25, 0.3) is 0 Å².